The Morgan fingerprint density at radius 3 is 3.15 bits per heavy atom. The van der Waals surface area contributed by atoms with E-state index in [4.69, 9.17) is 21.1 Å². The molecule has 0 spiro atoms. The van der Waals surface area contributed by atoms with Crippen LogP contribution in [0.5, 0.6) is 5.75 Å². The van der Waals surface area contributed by atoms with E-state index < -0.39 is 0 Å². The normalized spacial score (nSPS) is 14.8. The van der Waals surface area contributed by atoms with Crippen LogP contribution in [0.1, 0.15) is 11.1 Å². The Morgan fingerprint density at radius 2 is 2.31 bits per heavy atom. The van der Waals surface area contributed by atoms with Crippen molar-refractivity contribution in [3.63, 3.8) is 0 Å². The largest absolute Gasteiger partial charge is 0.467 e. The second-order valence-corrected chi connectivity index (χ2v) is 3.32. The van der Waals surface area contributed by atoms with Crippen LogP contribution in [0.2, 0.25) is 0 Å². The van der Waals surface area contributed by atoms with Gasteiger partial charge in [0.1, 0.15) is 5.75 Å². The molecule has 13 heavy (non-hydrogen) atoms. The minimum Gasteiger partial charge on any atom is -0.467 e. The molecule has 1 aromatic rings. The maximum Gasteiger partial charge on any atom is 0.189 e. The molecular formula is C10H11ClO2. The molecule has 2 nitrogen and oxygen atoms in total. The summed E-state index contributed by atoms with van der Waals surface area (Å²) in [4.78, 5) is 0. The van der Waals surface area contributed by atoms with Crippen LogP contribution in [0.25, 0.3) is 0 Å². The molecule has 1 aromatic carbocycles. The Morgan fingerprint density at radius 1 is 1.38 bits per heavy atom. The van der Waals surface area contributed by atoms with E-state index in [9.17, 15) is 0 Å². The number of fused-ring (bicyclic) bond motifs is 1. The van der Waals surface area contributed by atoms with Crippen molar-refractivity contribution in [2.45, 2.75) is 13.0 Å². The first-order valence-corrected chi connectivity index (χ1v) is 4.82. The first-order chi connectivity index (χ1) is 6.42. The van der Waals surface area contributed by atoms with Crippen molar-refractivity contribution in [2.75, 3.05) is 12.7 Å². The first-order valence-electron chi connectivity index (χ1n) is 4.29. The number of aryl methyl sites for hydroxylation is 1. The number of hydrogen-bond donors (Lipinski definition) is 0. The summed E-state index contributed by atoms with van der Waals surface area (Å²) in [7, 11) is 0. The Kier molecular flexibility index (Phi) is 2.71. The number of ether oxygens (including phenoxy) is 2. The minimum atomic E-state index is 0.358. The maximum atomic E-state index is 5.70. The lowest BCUT2D eigenvalue weighted by molar-refractivity contribution is -0.0168. The lowest BCUT2D eigenvalue weighted by atomic mass is 10.0. The van der Waals surface area contributed by atoms with E-state index in [1.807, 2.05) is 12.1 Å². The van der Waals surface area contributed by atoms with Crippen molar-refractivity contribution in [1.82, 2.24) is 0 Å². The van der Waals surface area contributed by atoms with Gasteiger partial charge in [0.2, 0.25) is 0 Å². The van der Waals surface area contributed by atoms with Crippen LogP contribution in [0, 0.1) is 0 Å². The van der Waals surface area contributed by atoms with Gasteiger partial charge in [-0.3, -0.25) is 0 Å². The number of alkyl halides is 1. The summed E-state index contributed by atoms with van der Waals surface area (Å²) in [6.07, 6.45) is 0.872. The number of benzene rings is 1. The van der Waals surface area contributed by atoms with Gasteiger partial charge in [0, 0.05) is 11.4 Å². The van der Waals surface area contributed by atoms with Gasteiger partial charge in [-0.2, -0.15) is 0 Å². The van der Waals surface area contributed by atoms with E-state index in [-0.39, 0.29) is 0 Å². The molecule has 0 radical (unpaired) electrons. The van der Waals surface area contributed by atoms with Crippen molar-refractivity contribution in [1.29, 1.82) is 0 Å². The van der Waals surface area contributed by atoms with Crippen LogP contribution in [-0.4, -0.2) is 12.7 Å². The monoisotopic (exact) mass is 198 g/mol. The summed E-state index contributed by atoms with van der Waals surface area (Å²) in [5.74, 6) is 1.57. The van der Waals surface area contributed by atoms with Crippen LogP contribution in [0.15, 0.2) is 18.2 Å². The topological polar surface area (TPSA) is 18.5 Å². The van der Waals surface area contributed by atoms with Gasteiger partial charge >= 0.3 is 0 Å². The zero-order valence-corrected chi connectivity index (χ0v) is 8.01. The molecule has 0 saturated heterocycles. The Balaban J connectivity index is 2.34. The van der Waals surface area contributed by atoms with E-state index in [1.54, 1.807) is 0 Å². The molecule has 0 aromatic heterocycles. The van der Waals surface area contributed by atoms with Gasteiger partial charge in [-0.15, -0.1) is 11.6 Å². The average Bonchev–Trinajstić information content (AvgIpc) is 2.19. The molecule has 1 aliphatic rings. The molecule has 0 fully saturated rings. The number of halogens is 1. The van der Waals surface area contributed by atoms with Crippen LogP contribution < -0.4 is 4.74 Å². The van der Waals surface area contributed by atoms with Gasteiger partial charge in [0.25, 0.3) is 0 Å². The Bertz CT molecular complexity index is 299. The lowest BCUT2D eigenvalue weighted by Crippen LogP contribution is -2.13. The van der Waals surface area contributed by atoms with Gasteiger partial charge in [0.15, 0.2) is 6.79 Å². The van der Waals surface area contributed by atoms with Crippen molar-refractivity contribution < 1.29 is 9.47 Å². The molecule has 0 saturated carbocycles. The predicted octanol–water partition coefficient (Wildman–Crippen LogP) is 2.33. The van der Waals surface area contributed by atoms with Crippen LogP contribution in [-0.2, 0) is 17.8 Å². The third kappa shape index (κ3) is 1.79. The van der Waals surface area contributed by atoms with Crippen molar-refractivity contribution in [3.8, 4) is 5.75 Å². The SMILES string of the molecule is ClCCc1cccc2c1COCO2. The molecule has 0 amide bonds. The summed E-state index contributed by atoms with van der Waals surface area (Å²) in [6, 6.07) is 6.03. The molecule has 2 rings (SSSR count). The fourth-order valence-electron chi connectivity index (χ4n) is 1.50. The molecule has 0 bridgehead atoms. The van der Waals surface area contributed by atoms with Crippen molar-refractivity contribution >= 4 is 11.6 Å². The third-order valence-electron chi connectivity index (χ3n) is 2.14. The maximum absolute atomic E-state index is 5.70. The quantitative estimate of drug-likeness (QED) is 0.680. The minimum absolute atomic E-state index is 0.358. The standard InChI is InChI=1S/C10H11ClO2/c11-5-4-8-2-1-3-10-9(8)6-12-7-13-10/h1-3H,4-7H2. The third-order valence-corrected chi connectivity index (χ3v) is 2.33. The molecule has 0 aliphatic carbocycles. The second-order valence-electron chi connectivity index (χ2n) is 2.94. The molecule has 0 unspecified atom stereocenters. The molecular weight excluding hydrogens is 188 g/mol. The zero-order chi connectivity index (χ0) is 9.10. The lowest BCUT2D eigenvalue weighted by Gasteiger charge is -2.19. The zero-order valence-electron chi connectivity index (χ0n) is 7.25. The van der Waals surface area contributed by atoms with Crippen LogP contribution in [0.3, 0.4) is 0 Å². The second kappa shape index (κ2) is 3.99. The summed E-state index contributed by atoms with van der Waals surface area (Å²) in [6.45, 7) is 1.000. The number of hydrogen-bond acceptors (Lipinski definition) is 2. The highest BCUT2D eigenvalue weighted by molar-refractivity contribution is 6.18. The van der Waals surface area contributed by atoms with Crippen LogP contribution in [0.4, 0.5) is 0 Å². The fourth-order valence-corrected chi connectivity index (χ4v) is 1.70. The Labute approximate surface area is 82.4 Å². The Hall–Kier alpha value is -0.730. The highest BCUT2D eigenvalue weighted by Gasteiger charge is 2.13. The fraction of sp³-hybridized carbons (Fsp3) is 0.400. The van der Waals surface area contributed by atoms with E-state index in [1.165, 1.54) is 5.56 Å². The highest BCUT2D eigenvalue weighted by atomic mass is 35.5. The van der Waals surface area contributed by atoms with Gasteiger partial charge < -0.3 is 9.47 Å². The van der Waals surface area contributed by atoms with Crippen molar-refractivity contribution in [3.05, 3.63) is 29.3 Å². The molecule has 0 N–H and O–H groups in total. The number of rotatable bonds is 2. The summed E-state index contributed by atoms with van der Waals surface area (Å²) in [5.41, 5.74) is 2.38. The van der Waals surface area contributed by atoms with E-state index in [0.717, 1.165) is 17.7 Å². The molecule has 1 aliphatic heterocycles. The van der Waals surface area contributed by atoms with Gasteiger partial charge in [-0.05, 0) is 18.1 Å². The smallest absolute Gasteiger partial charge is 0.189 e. The van der Waals surface area contributed by atoms with E-state index in [0.29, 0.717) is 19.3 Å². The van der Waals surface area contributed by atoms with Gasteiger partial charge in [-0.1, -0.05) is 12.1 Å². The van der Waals surface area contributed by atoms with E-state index >= 15 is 0 Å². The summed E-state index contributed by atoms with van der Waals surface area (Å²) >= 11 is 5.70. The average molecular weight is 199 g/mol. The molecule has 3 heteroatoms. The van der Waals surface area contributed by atoms with Gasteiger partial charge in [0.05, 0.1) is 6.61 Å². The van der Waals surface area contributed by atoms with Crippen LogP contribution >= 0.6 is 11.6 Å². The van der Waals surface area contributed by atoms with E-state index in [2.05, 4.69) is 6.07 Å². The summed E-state index contributed by atoms with van der Waals surface area (Å²) < 4.78 is 10.6. The first kappa shape index (κ1) is 8.85. The molecule has 1 heterocycles. The predicted molar refractivity (Wildman–Crippen MR) is 51.2 cm³/mol. The highest BCUT2D eigenvalue weighted by Crippen LogP contribution is 2.26. The summed E-state index contributed by atoms with van der Waals surface area (Å²) in [5, 5.41) is 0. The van der Waals surface area contributed by atoms with Crippen molar-refractivity contribution in [2.24, 2.45) is 0 Å². The molecule has 0 atom stereocenters. The van der Waals surface area contributed by atoms with Gasteiger partial charge in [-0.25, -0.2) is 0 Å². The molecule has 70 valence electrons.